The number of nitrogens with two attached hydrogens (primary N) is 1. The zero-order valence-corrected chi connectivity index (χ0v) is 13.2. The van der Waals surface area contributed by atoms with Crippen molar-refractivity contribution in [2.75, 3.05) is 18.8 Å². The summed E-state index contributed by atoms with van der Waals surface area (Å²) in [5.74, 6) is -0.205. The van der Waals surface area contributed by atoms with Crippen molar-refractivity contribution in [3.8, 4) is 0 Å². The number of anilines is 1. The van der Waals surface area contributed by atoms with Crippen molar-refractivity contribution < 1.29 is 18.0 Å². The van der Waals surface area contributed by atoms with Crippen molar-refractivity contribution in [2.24, 2.45) is 0 Å². The summed E-state index contributed by atoms with van der Waals surface area (Å²) >= 11 is 0. The van der Waals surface area contributed by atoms with E-state index in [9.17, 15) is 18.0 Å². The molecule has 9 heteroatoms. The molecule has 0 aromatic carbocycles. The van der Waals surface area contributed by atoms with Gasteiger partial charge in [-0.25, -0.2) is 9.97 Å². The third-order valence-electron chi connectivity index (χ3n) is 4.13. The number of pyridine rings is 1. The standard InChI is InChI=1S/C16H16F3N5O/c17-16(18,19)11-3-4-13(22-8-11)14(25)24-7-1-2-10(9-24)12-5-6-21-15(20)23-12/h3-6,8,10H,1-2,7,9H2,(H2,20,21,23). The Morgan fingerprint density at radius 1 is 1.24 bits per heavy atom. The number of piperidine rings is 1. The van der Waals surface area contributed by atoms with Gasteiger partial charge in [0.2, 0.25) is 5.95 Å². The summed E-state index contributed by atoms with van der Waals surface area (Å²) in [7, 11) is 0. The van der Waals surface area contributed by atoms with Crippen molar-refractivity contribution in [1.29, 1.82) is 0 Å². The lowest BCUT2D eigenvalue weighted by Crippen LogP contribution is -2.39. The van der Waals surface area contributed by atoms with Gasteiger partial charge in [0.25, 0.3) is 5.91 Å². The lowest BCUT2D eigenvalue weighted by Gasteiger charge is -2.32. The molecule has 132 valence electrons. The van der Waals surface area contributed by atoms with Gasteiger partial charge >= 0.3 is 6.18 Å². The number of nitrogens with zero attached hydrogens (tertiary/aromatic N) is 4. The largest absolute Gasteiger partial charge is 0.417 e. The molecule has 1 aliphatic heterocycles. The van der Waals surface area contributed by atoms with Crippen molar-refractivity contribution in [2.45, 2.75) is 24.9 Å². The molecule has 1 amide bonds. The molecular weight excluding hydrogens is 335 g/mol. The van der Waals surface area contributed by atoms with Crippen LogP contribution in [0.3, 0.4) is 0 Å². The van der Waals surface area contributed by atoms with E-state index >= 15 is 0 Å². The van der Waals surface area contributed by atoms with Crippen LogP contribution in [0, 0.1) is 0 Å². The van der Waals surface area contributed by atoms with Gasteiger partial charge in [0.1, 0.15) is 5.69 Å². The fraction of sp³-hybridized carbons (Fsp3) is 0.375. The van der Waals surface area contributed by atoms with Crippen LogP contribution in [0.15, 0.2) is 30.6 Å². The number of rotatable bonds is 2. The molecule has 2 aromatic rings. The number of amides is 1. The molecule has 3 heterocycles. The van der Waals surface area contributed by atoms with E-state index in [4.69, 9.17) is 5.73 Å². The van der Waals surface area contributed by atoms with Gasteiger partial charge in [-0.15, -0.1) is 0 Å². The molecule has 1 atom stereocenters. The zero-order valence-electron chi connectivity index (χ0n) is 13.2. The molecule has 0 bridgehead atoms. The Morgan fingerprint density at radius 3 is 2.68 bits per heavy atom. The Morgan fingerprint density at radius 2 is 2.04 bits per heavy atom. The van der Waals surface area contributed by atoms with Crippen molar-refractivity contribution in [3.05, 3.63) is 47.5 Å². The molecule has 1 aliphatic rings. The SMILES string of the molecule is Nc1nccc(C2CCCN(C(=O)c3ccc(C(F)(F)F)cn3)C2)n1. The van der Waals surface area contributed by atoms with E-state index in [0.717, 1.165) is 30.7 Å². The molecule has 2 aromatic heterocycles. The van der Waals surface area contributed by atoms with Crippen LogP contribution in [0.2, 0.25) is 0 Å². The Hall–Kier alpha value is -2.71. The molecule has 6 nitrogen and oxygen atoms in total. The molecule has 3 rings (SSSR count). The van der Waals surface area contributed by atoms with Crippen LogP contribution in [0.1, 0.15) is 40.5 Å². The molecule has 1 fully saturated rings. The van der Waals surface area contributed by atoms with Gasteiger partial charge in [0.05, 0.1) is 11.3 Å². The Labute approximate surface area is 141 Å². The maximum atomic E-state index is 12.6. The quantitative estimate of drug-likeness (QED) is 0.898. The highest BCUT2D eigenvalue weighted by atomic mass is 19.4. The van der Waals surface area contributed by atoms with Gasteiger partial charge in [-0.3, -0.25) is 9.78 Å². The van der Waals surface area contributed by atoms with Crippen molar-refractivity contribution in [3.63, 3.8) is 0 Å². The van der Waals surface area contributed by atoms with Crippen LogP contribution in [0.4, 0.5) is 19.1 Å². The van der Waals surface area contributed by atoms with Crippen LogP contribution < -0.4 is 5.73 Å². The second-order valence-corrected chi connectivity index (χ2v) is 5.86. The smallest absolute Gasteiger partial charge is 0.368 e. The number of carbonyl (C=O) groups is 1. The number of halogens is 3. The molecule has 0 radical (unpaired) electrons. The van der Waals surface area contributed by atoms with Crippen LogP contribution in [-0.2, 0) is 6.18 Å². The van der Waals surface area contributed by atoms with Gasteiger partial charge in [-0.05, 0) is 31.0 Å². The predicted molar refractivity (Wildman–Crippen MR) is 83.6 cm³/mol. The summed E-state index contributed by atoms with van der Waals surface area (Å²) in [6.07, 6.45) is -0.616. The maximum absolute atomic E-state index is 12.6. The normalized spacial score (nSPS) is 18.2. The predicted octanol–water partition coefficient (Wildman–Crippen LogP) is 2.49. The highest BCUT2D eigenvalue weighted by molar-refractivity contribution is 5.92. The molecule has 0 spiro atoms. The first-order chi connectivity index (χ1) is 11.8. The Balaban J connectivity index is 1.74. The van der Waals surface area contributed by atoms with Gasteiger partial charge < -0.3 is 10.6 Å². The van der Waals surface area contributed by atoms with Gasteiger partial charge in [0, 0.05) is 31.4 Å². The summed E-state index contributed by atoms with van der Waals surface area (Å²) in [5, 5.41) is 0. The van der Waals surface area contributed by atoms with Crippen molar-refractivity contribution in [1.82, 2.24) is 19.9 Å². The number of carbonyl (C=O) groups excluding carboxylic acids is 1. The van der Waals surface area contributed by atoms with E-state index in [2.05, 4.69) is 15.0 Å². The van der Waals surface area contributed by atoms with E-state index in [0.29, 0.717) is 19.3 Å². The summed E-state index contributed by atoms with van der Waals surface area (Å²) in [5.41, 5.74) is 5.47. The number of nitrogen functional groups attached to an aromatic ring is 1. The minimum atomic E-state index is -4.47. The van der Waals surface area contributed by atoms with Crippen LogP contribution in [-0.4, -0.2) is 38.8 Å². The highest BCUT2D eigenvalue weighted by Gasteiger charge is 2.32. The third-order valence-corrected chi connectivity index (χ3v) is 4.13. The Bertz CT molecular complexity index is 763. The lowest BCUT2D eigenvalue weighted by atomic mass is 9.94. The molecular formula is C16H16F3N5O. The van der Waals surface area contributed by atoms with Crippen LogP contribution in [0.25, 0.3) is 0 Å². The third kappa shape index (κ3) is 3.86. The first kappa shape index (κ1) is 17.1. The molecule has 1 unspecified atom stereocenters. The molecule has 0 aliphatic carbocycles. The summed E-state index contributed by atoms with van der Waals surface area (Å²) < 4.78 is 37.8. The summed E-state index contributed by atoms with van der Waals surface area (Å²) in [6, 6.07) is 3.73. The first-order valence-corrected chi connectivity index (χ1v) is 7.75. The molecule has 2 N–H and O–H groups in total. The topological polar surface area (TPSA) is 85.0 Å². The van der Waals surface area contributed by atoms with E-state index in [-0.39, 0.29) is 23.5 Å². The van der Waals surface area contributed by atoms with Gasteiger partial charge in [0.15, 0.2) is 0 Å². The van der Waals surface area contributed by atoms with Gasteiger partial charge in [-0.1, -0.05) is 0 Å². The number of alkyl halides is 3. The second kappa shape index (κ2) is 6.66. The lowest BCUT2D eigenvalue weighted by molar-refractivity contribution is -0.137. The monoisotopic (exact) mass is 351 g/mol. The average molecular weight is 351 g/mol. The van der Waals surface area contributed by atoms with E-state index in [1.165, 1.54) is 0 Å². The first-order valence-electron chi connectivity index (χ1n) is 7.75. The van der Waals surface area contributed by atoms with Gasteiger partial charge in [-0.2, -0.15) is 13.2 Å². The number of hydrogen-bond acceptors (Lipinski definition) is 5. The molecule has 25 heavy (non-hydrogen) atoms. The summed E-state index contributed by atoms with van der Waals surface area (Å²) in [6.45, 7) is 0.941. The zero-order chi connectivity index (χ0) is 18.0. The molecule has 1 saturated heterocycles. The number of likely N-dealkylation sites (tertiary alicyclic amines) is 1. The number of aromatic nitrogens is 3. The minimum absolute atomic E-state index is 0.00384. The van der Waals surface area contributed by atoms with E-state index in [1.54, 1.807) is 17.2 Å². The highest BCUT2D eigenvalue weighted by Crippen LogP contribution is 2.29. The van der Waals surface area contributed by atoms with Crippen molar-refractivity contribution >= 4 is 11.9 Å². The van der Waals surface area contributed by atoms with E-state index in [1.807, 2.05) is 0 Å². The fourth-order valence-electron chi connectivity index (χ4n) is 2.87. The van der Waals surface area contributed by atoms with E-state index < -0.39 is 11.7 Å². The van der Waals surface area contributed by atoms with Crippen LogP contribution >= 0.6 is 0 Å². The second-order valence-electron chi connectivity index (χ2n) is 5.86. The fourth-order valence-corrected chi connectivity index (χ4v) is 2.87. The number of hydrogen-bond donors (Lipinski definition) is 1. The minimum Gasteiger partial charge on any atom is -0.368 e. The maximum Gasteiger partial charge on any atom is 0.417 e. The molecule has 0 saturated carbocycles. The summed E-state index contributed by atoms with van der Waals surface area (Å²) in [4.78, 5) is 25.8. The van der Waals surface area contributed by atoms with Crippen LogP contribution in [0.5, 0.6) is 0 Å². The Kier molecular flexibility index (Phi) is 4.56. The average Bonchev–Trinajstić information content (AvgIpc) is 2.60.